The van der Waals surface area contributed by atoms with Crippen molar-refractivity contribution in [1.82, 2.24) is 30.1 Å². The van der Waals surface area contributed by atoms with Crippen molar-refractivity contribution in [1.29, 1.82) is 0 Å². The molecule has 8 heteroatoms. The van der Waals surface area contributed by atoms with Gasteiger partial charge in [-0.1, -0.05) is 48.6 Å². The van der Waals surface area contributed by atoms with E-state index in [0.717, 1.165) is 50.5 Å². The quantitative estimate of drug-likeness (QED) is 0.319. The lowest BCUT2D eigenvalue weighted by Gasteiger charge is -2.14. The molecule has 188 valence electrons. The lowest BCUT2D eigenvalue weighted by atomic mass is 9.92. The molecule has 0 aliphatic heterocycles. The molecule has 1 aliphatic carbocycles. The number of pyridine rings is 2. The molecule has 0 fully saturated rings. The first-order valence-electron chi connectivity index (χ1n) is 12.7. The Bertz CT molecular complexity index is 1940. The number of aromatic amines is 2. The van der Waals surface area contributed by atoms with Gasteiger partial charge in [0.15, 0.2) is 5.82 Å². The van der Waals surface area contributed by atoms with Crippen LogP contribution in [0.15, 0.2) is 91.4 Å². The van der Waals surface area contributed by atoms with E-state index in [9.17, 15) is 4.79 Å². The summed E-state index contributed by atoms with van der Waals surface area (Å²) in [7, 11) is 0. The zero-order chi connectivity index (χ0) is 26.2. The number of nitrogens with one attached hydrogen (secondary N) is 3. The van der Waals surface area contributed by atoms with Gasteiger partial charge in [-0.3, -0.25) is 19.9 Å². The number of nitrogens with zero attached hydrogens (tertiary/aromatic N) is 4. The van der Waals surface area contributed by atoms with Crippen LogP contribution in [0.25, 0.3) is 46.0 Å². The van der Waals surface area contributed by atoms with Gasteiger partial charge < -0.3 is 10.3 Å². The van der Waals surface area contributed by atoms with Crippen molar-refractivity contribution in [3.63, 3.8) is 0 Å². The van der Waals surface area contributed by atoms with Gasteiger partial charge in [-0.05, 0) is 48.4 Å². The number of hydrogen-bond donors (Lipinski definition) is 3. The van der Waals surface area contributed by atoms with Gasteiger partial charge in [0.1, 0.15) is 5.69 Å². The van der Waals surface area contributed by atoms with Gasteiger partial charge in [-0.2, -0.15) is 5.10 Å². The van der Waals surface area contributed by atoms with E-state index in [1.807, 2.05) is 66.9 Å². The maximum Gasteiger partial charge on any atom is 0.255 e. The van der Waals surface area contributed by atoms with E-state index in [4.69, 9.17) is 4.98 Å². The number of H-pyrrole nitrogens is 2. The summed E-state index contributed by atoms with van der Waals surface area (Å²) < 4.78 is 0. The van der Waals surface area contributed by atoms with E-state index in [2.05, 4.69) is 42.6 Å². The molecule has 0 saturated carbocycles. The minimum Gasteiger partial charge on any atom is -0.337 e. The Kier molecular flexibility index (Phi) is 5.55. The number of hydrogen-bond acceptors (Lipinski definition) is 5. The normalized spacial score (nSPS) is 14.3. The van der Waals surface area contributed by atoms with Crippen LogP contribution in [-0.2, 0) is 0 Å². The van der Waals surface area contributed by atoms with Gasteiger partial charge in [0.2, 0.25) is 0 Å². The molecule has 3 N–H and O–H groups in total. The first-order valence-corrected chi connectivity index (χ1v) is 12.7. The molecule has 0 bridgehead atoms. The summed E-state index contributed by atoms with van der Waals surface area (Å²) in [6.07, 6.45) is 10.4. The molecule has 0 spiro atoms. The minimum absolute atomic E-state index is 0.0726. The molecule has 1 aliphatic rings. The summed E-state index contributed by atoms with van der Waals surface area (Å²) in [5, 5.41) is 12.7. The minimum atomic E-state index is -0.164. The Morgan fingerprint density at radius 1 is 0.974 bits per heavy atom. The number of carbonyl (C=O) groups excluding carboxylic acids is 1. The number of rotatable bonds is 5. The number of amides is 1. The average Bonchev–Trinajstić information content (AvgIpc) is 3.62. The van der Waals surface area contributed by atoms with Crippen molar-refractivity contribution < 1.29 is 4.79 Å². The average molecular weight is 510 g/mol. The zero-order valence-corrected chi connectivity index (χ0v) is 20.8. The smallest absolute Gasteiger partial charge is 0.255 e. The van der Waals surface area contributed by atoms with Crippen molar-refractivity contribution in [2.24, 2.45) is 0 Å². The third-order valence-corrected chi connectivity index (χ3v) is 6.94. The Balaban J connectivity index is 1.23. The second-order valence-corrected chi connectivity index (χ2v) is 9.44. The lowest BCUT2D eigenvalue weighted by molar-refractivity contribution is 0.102. The first kappa shape index (κ1) is 22.8. The van der Waals surface area contributed by atoms with E-state index < -0.39 is 0 Å². The molecule has 6 aromatic rings. The highest BCUT2D eigenvalue weighted by atomic mass is 16.1. The highest BCUT2D eigenvalue weighted by Gasteiger charge is 2.19. The third kappa shape index (κ3) is 4.27. The summed E-state index contributed by atoms with van der Waals surface area (Å²) in [5.41, 5.74) is 6.65. The SMILES string of the molecule is O=C(Nc1cncc(C2C=c3c(-c4nc5c(-c6ccccn6)cccc5[nH]4)n[nH]c3=CC2)c1)c1ccccc1. The van der Waals surface area contributed by atoms with Gasteiger partial charge in [-0.15, -0.1) is 0 Å². The molecule has 1 amide bonds. The van der Waals surface area contributed by atoms with Crippen molar-refractivity contribution in [3.05, 3.63) is 113 Å². The summed E-state index contributed by atoms with van der Waals surface area (Å²) in [6.45, 7) is 0. The molecular formula is C31H23N7O. The summed E-state index contributed by atoms with van der Waals surface area (Å²) in [4.78, 5) is 29.9. The maximum absolute atomic E-state index is 12.6. The van der Waals surface area contributed by atoms with Gasteiger partial charge in [0.05, 0.1) is 34.0 Å². The van der Waals surface area contributed by atoms with Crippen LogP contribution in [0, 0.1) is 0 Å². The van der Waals surface area contributed by atoms with E-state index in [1.165, 1.54) is 0 Å². The molecular weight excluding hydrogens is 486 g/mol. The standard InChI is InChI=1S/C31H23N7O/c39-31(19-7-2-1-3-8-19)34-22-15-21(17-32-18-22)20-12-13-26-24(16-20)29(38-37-26)30-35-27-11-6-9-23(28(27)36-30)25-10-4-5-14-33-25/h1-11,13-18,20,37H,12H2,(H,34,39)(H,35,36). The van der Waals surface area contributed by atoms with Crippen molar-refractivity contribution >= 4 is 34.8 Å². The predicted octanol–water partition coefficient (Wildman–Crippen LogP) is 4.41. The van der Waals surface area contributed by atoms with Crippen molar-refractivity contribution in [2.45, 2.75) is 12.3 Å². The van der Waals surface area contributed by atoms with Gasteiger partial charge in [0.25, 0.3) is 5.91 Å². The molecule has 39 heavy (non-hydrogen) atoms. The highest BCUT2D eigenvalue weighted by molar-refractivity contribution is 6.04. The van der Waals surface area contributed by atoms with Crippen LogP contribution in [0.4, 0.5) is 5.69 Å². The molecule has 4 heterocycles. The van der Waals surface area contributed by atoms with E-state index in [0.29, 0.717) is 17.1 Å². The summed E-state index contributed by atoms with van der Waals surface area (Å²) in [5.74, 6) is 0.602. The van der Waals surface area contributed by atoms with Gasteiger partial charge in [-0.25, -0.2) is 4.98 Å². The van der Waals surface area contributed by atoms with Crippen LogP contribution in [0.3, 0.4) is 0 Å². The lowest BCUT2D eigenvalue weighted by Crippen LogP contribution is -2.28. The second kappa shape index (κ2) is 9.50. The Labute approximate surface area is 223 Å². The molecule has 7 rings (SSSR count). The van der Waals surface area contributed by atoms with Crippen LogP contribution >= 0.6 is 0 Å². The number of imidazole rings is 1. The molecule has 2 aromatic carbocycles. The van der Waals surface area contributed by atoms with Crippen molar-refractivity contribution in [3.8, 4) is 22.8 Å². The number of fused-ring (bicyclic) bond motifs is 2. The molecule has 1 unspecified atom stereocenters. The van der Waals surface area contributed by atoms with Crippen LogP contribution < -0.4 is 15.9 Å². The number of benzene rings is 2. The predicted molar refractivity (Wildman–Crippen MR) is 151 cm³/mol. The Hall–Kier alpha value is -5.37. The monoisotopic (exact) mass is 509 g/mol. The van der Waals surface area contributed by atoms with E-state index >= 15 is 0 Å². The first-order chi connectivity index (χ1) is 19.2. The summed E-state index contributed by atoms with van der Waals surface area (Å²) in [6, 6.07) is 23.0. The topological polar surface area (TPSA) is 112 Å². The second-order valence-electron chi connectivity index (χ2n) is 9.44. The van der Waals surface area contributed by atoms with Crippen molar-refractivity contribution in [2.75, 3.05) is 5.32 Å². The van der Waals surface area contributed by atoms with E-state index in [1.54, 1.807) is 24.5 Å². The molecule has 0 saturated heterocycles. The third-order valence-electron chi connectivity index (χ3n) is 6.94. The van der Waals surface area contributed by atoms with Crippen LogP contribution in [0.2, 0.25) is 0 Å². The number of carbonyl (C=O) groups is 1. The fourth-order valence-corrected chi connectivity index (χ4v) is 5.01. The van der Waals surface area contributed by atoms with Crippen LogP contribution in [-0.4, -0.2) is 36.0 Å². The fraction of sp³-hybridized carbons (Fsp3) is 0.0645. The van der Waals surface area contributed by atoms with Crippen LogP contribution in [0.5, 0.6) is 0 Å². The number of para-hydroxylation sites is 1. The Morgan fingerprint density at radius 2 is 1.87 bits per heavy atom. The van der Waals surface area contributed by atoms with E-state index in [-0.39, 0.29) is 11.8 Å². The van der Waals surface area contributed by atoms with Crippen LogP contribution in [0.1, 0.15) is 28.3 Å². The molecule has 4 aromatic heterocycles. The van der Waals surface area contributed by atoms with Gasteiger partial charge >= 0.3 is 0 Å². The summed E-state index contributed by atoms with van der Waals surface area (Å²) >= 11 is 0. The maximum atomic E-state index is 12.6. The highest BCUT2D eigenvalue weighted by Crippen LogP contribution is 2.28. The Morgan fingerprint density at radius 3 is 2.74 bits per heavy atom. The molecule has 1 atom stereocenters. The fourth-order valence-electron chi connectivity index (χ4n) is 5.01. The molecule has 8 nitrogen and oxygen atoms in total. The van der Waals surface area contributed by atoms with Gasteiger partial charge in [0, 0.05) is 34.7 Å². The zero-order valence-electron chi connectivity index (χ0n) is 20.8. The molecule has 0 radical (unpaired) electrons. The number of aromatic nitrogens is 6. The number of anilines is 1. The largest absolute Gasteiger partial charge is 0.337 e.